The zero-order valence-corrected chi connectivity index (χ0v) is 61.2. The Kier molecular flexibility index (Phi) is 26.6. The van der Waals surface area contributed by atoms with Crippen LogP contribution in [0.4, 0.5) is 23.5 Å². The fourth-order valence-electron chi connectivity index (χ4n) is 11.9. The van der Waals surface area contributed by atoms with Gasteiger partial charge in [-0.3, -0.25) is 90.6 Å². The number of alkyl halides is 1. The van der Waals surface area contributed by atoms with Crippen LogP contribution in [0.2, 0.25) is 0 Å². The van der Waals surface area contributed by atoms with Crippen LogP contribution in [0.15, 0.2) is 46.2 Å². The van der Waals surface area contributed by atoms with E-state index < -0.39 is 187 Å². The highest BCUT2D eigenvalue weighted by molar-refractivity contribution is 6.21. The highest BCUT2D eigenvalue weighted by Gasteiger charge is 2.55. The number of fused-ring (bicyclic) bond motifs is 4. The number of hydrogen-bond acceptors (Lipinski definition) is 42. The van der Waals surface area contributed by atoms with Crippen LogP contribution in [-0.4, -0.2) is 245 Å². The molecule has 0 aromatic carbocycles. The van der Waals surface area contributed by atoms with Gasteiger partial charge >= 0.3 is 65.7 Å². The summed E-state index contributed by atoms with van der Waals surface area (Å²) in [5.74, 6) is -6.28. The van der Waals surface area contributed by atoms with Gasteiger partial charge in [0.25, 0.3) is 11.1 Å². The summed E-state index contributed by atoms with van der Waals surface area (Å²) >= 11 is 6.13. The second-order valence-corrected chi connectivity index (χ2v) is 24.6. The number of halogens is 1. The molecule has 7 aromatic heterocycles. The number of carbonyl (C=O) groups excluding carboxylic acids is 11. The first-order valence-electron chi connectivity index (χ1n) is 32.9. The molecule has 0 saturated carbocycles. The maximum atomic E-state index is 12.0. The molecule has 49 heteroatoms. The Hall–Kier alpha value is -12.4. The number of nitrogen functional groups attached to an aromatic ring is 3. The zero-order chi connectivity index (χ0) is 81.1. The van der Waals surface area contributed by atoms with E-state index >= 15 is 0 Å². The van der Waals surface area contributed by atoms with Gasteiger partial charge in [0.15, 0.2) is 113 Å². The fourth-order valence-corrected chi connectivity index (χ4v) is 12.1. The zero-order valence-electron chi connectivity index (χ0n) is 60.4. The smallest absolute Gasteiger partial charge is 0.303 e. The number of hydrogen-bond donors (Lipinski definition) is 7. The number of anilines is 4. The molecule has 12 rings (SSSR count). The number of nitrogens with two attached hydrogens (primary N) is 3. The van der Waals surface area contributed by atoms with Gasteiger partial charge in [-0.15, -0.1) is 0 Å². The Morgan fingerprint density at radius 2 is 0.739 bits per heavy atom. The van der Waals surface area contributed by atoms with E-state index in [4.69, 9.17) is 99.9 Å². The number of imidazole rings is 4. The summed E-state index contributed by atoms with van der Waals surface area (Å²) in [7, 11) is 0. The quantitative estimate of drug-likeness (QED) is 0.0201. The van der Waals surface area contributed by atoms with Gasteiger partial charge in [0, 0.05) is 76.2 Å². The van der Waals surface area contributed by atoms with Crippen molar-refractivity contribution in [2.24, 2.45) is 4.99 Å². The highest BCUT2D eigenvalue weighted by Crippen LogP contribution is 2.42. The maximum Gasteiger partial charge on any atom is 0.303 e. The molecular weight excluding hydrogens is 1510 g/mol. The molecule has 0 radical (unpaired) electrons. The van der Waals surface area contributed by atoms with Crippen molar-refractivity contribution in [3.8, 4) is 0 Å². The van der Waals surface area contributed by atoms with Gasteiger partial charge in [0.2, 0.25) is 11.9 Å². The summed E-state index contributed by atoms with van der Waals surface area (Å²) in [6.07, 6.45) is -7.99. The number of H-pyrrole nitrogens is 2. The molecule has 598 valence electrons. The van der Waals surface area contributed by atoms with E-state index in [1.165, 1.54) is 128 Å². The van der Waals surface area contributed by atoms with Crippen molar-refractivity contribution < 1.29 is 129 Å². The summed E-state index contributed by atoms with van der Waals surface area (Å²) in [6, 6.07) is 0. The Morgan fingerprint density at radius 1 is 0.423 bits per heavy atom. The lowest BCUT2D eigenvalue weighted by Crippen LogP contribution is -2.40. The van der Waals surface area contributed by atoms with E-state index in [1.54, 1.807) is 4.57 Å². The molecule has 5 aliphatic rings. The van der Waals surface area contributed by atoms with Crippen LogP contribution in [0, 0.1) is 0 Å². The predicted octanol–water partition coefficient (Wildman–Crippen LogP) is -1.89. The minimum absolute atomic E-state index is 0.000796. The van der Waals surface area contributed by atoms with E-state index in [9.17, 15) is 67.4 Å². The number of aromatic amines is 2. The number of carbonyl (C=O) groups is 11. The molecular formula is C62H74ClN19O29. The van der Waals surface area contributed by atoms with E-state index in [2.05, 4.69) is 60.1 Å². The number of aromatic nitrogens is 14. The molecule has 4 fully saturated rings. The largest absolute Gasteiger partial charge is 0.463 e. The molecule has 17 atom stereocenters. The molecule has 5 unspecified atom stereocenters. The Labute approximate surface area is 627 Å². The van der Waals surface area contributed by atoms with Crippen molar-refractivity contribution in [1.82, 2.24) is 68.1 Å². The molecule has 0 spiro atoms. The minimum atomic E-state index is -1.13. The van der Waals surface area contributed by atoms with Gasteiger partial charge in [-0.1, -0.05) is 11.6 Å². The SMILES string of the molecule is CC(=O)OC1[C@@H](OC(C)=O)[C@@H](CO)O[C@H]1n1cnc2c(=O)[nH]c(N)nc21.CC(=O)OC[C@H]1O[C@@H](n2cnc3c(=O)[nH]c(N)nc32)C(OC(C)=O)[C@H]1OC(C)=O.CC(=O)OC[C@H]1O[C@@H](n2cnc3c(N)ncnc32)C(OC(C)=O)[C@H]1OC(C)=O.CC(=O)OC[C@H]1O[C@@H](n2cnc3c2NC=NC3Cl)C(OC(C)=O)[C@H]1OC(C)=O. The van der Waals surface area contributed by atoms with Gasteiger partial charge in [-0.25, -0.2) is 34.9 Å². The predicted molar refractivity (Wildman–Crippen MR) is 365 cm³/mol. The molecule has 48 nitrogen and oxygen atoms in total. The topological polar surface area (TPSA) is 637 Å². The van der Waals surface area contributed by atoms with Gasteiger partial charge in [0.05, 0.1) is 38.3 Å². The molecule has 0 amide bonds. The van der Waals surface area contributed by atoms with Crippen molar-refractivity contribution in [2.45, 2.75) is 180 Å². The molecule has 5 aliphatic heterocycles. The summed E-state index contributed by atoms with van der Waals surface area (Å²) < 4.78 is 86.6. The number of aliphatic hydroxyl groups excluding tert-OH is 1. The van der Waals surface area contributed by atoms with Crippen LogP contribution >= 0.6 is 11.6 Å². The third kappa shape index (κ3) is 19.7. The van der Waals surface area contributed by atoms with Gasteiger partial charge in [-0.2, -0.15) is 9.97 Å². The lowest BCUT2D eigenvalue weighted by Gasteiger charge is -2.25. The maximum absolute atomic E-state index is 12.0. The summed E-state index contributed by atoms with van der Waals surface area (Å²) in [4.78, 5) is 191. The standard InChI is InChI=1S/C16H19ClN4O7.C16H19N5O8.C16H19N5O7.C14H17N5O7/c1-7(22)25-4-10-12(26-8(2)23)13(27-9(3)24)16(28-10)21-6-20-11-14(17)18-5-19-15(11)21;1-6(22)26-4-9-11(27-7(2)23)12(28-8(3)24)15(29-9)21-5-18-10-13(21)19-16(17)20-14(10)25;1-7(22)25-4-10-12(26-8(2)23)13(27-9(3)24)16(28-10)21-6-20-11-14(17)18-5-19-15(11)21;1-5(21)24-9-7(3-20)26-13(10(9)25-6(2)22)19-4-16-8-11(19)17-14(15)18-12(8)23/h5-6,10,12-14,16H,4H2,1-3H3,(H,18,19);5,9,11-12,15H,4H2,1-3H3,(H3,17,19,20,25);5-6,10,12-13,16H,4H2,1-3H3,(H2,17,18,19);4,7,9-10,13,20H,3H2,1-2H3,(H3,15,17,18,23)/t10-,12+,13?,14?,16-;9-,11+,12?,15-;10-,12+,13?,16-;7-,9+,10?,13-/m1111/s1. The van der Waals surface area contributed by atoms with Gasteiger partial charge in [0.1, 0.15) is 67.6 Å². The average Bonchev–Trinajstić information content (AvgIpc) is 1.63. The number of aliphatic imine (C=N–C) groups is 1. The second-order valence-electron chi connectivity index (χ2n) is 24.2. The van der Waals surface area contributed by atoms with E-state index in [0.717, 1.165) is 0 Å². The van der Waals surface area contributed by atoms with E-state index in [0.29, 0.717) is 22.7 Å². The Morgan fingerprint density at radius 3 is 1.09 bits per heavy atom. The third-order valence-corrected chi connectivity index (χ3v) is 16.2. The van der Waals surface area contributed by atoms with Crippen molar-refractivity contribution >= 4 is 141 Å². The fraction of sp³-hybridized carbons (Fsp3) is 0.516. The van der Waals surface area contributed by atoms with Crippen LogP contribution in [0.1, 0.15) is 112 Å². The van der Waals surface area contributed by atoms with Crippen molar-refractivity contribution in [3.63, 3.8) is 0 Å². The number of nitrogens with one attached hydrogen (secondary N) is 3. The first-order valence-corrected chi connectivity index (χ1v) is 33.3. The average molecular weight is 1580 g/mol. The van der Waals surface area contributed by atoms with Crippen molar-refractivity contribution in [3.05, 3.63) is 58.0 Å². The van der Waals surface area contributed by atoms with Crippen LogP contribution in [0.3, 0.4) is 0 Å². The Balaban J connectivity index is 0.000000170. The number of rotatable bonds is 19. The number of ether oxygens (including phenoxy) is 15. The number of esters is 11. The van der Waals surface area contributed by atoms with Crippen LogP contribution in [-0.2, 0) is 124 Å². The van der Waals surface area contributed by atoms with Gasteiger partial charge in [-0.05, 0) is 0 Å². The van der Waals surface area contributed by atoms with E-state index in [-0.39, 0.29) is 59.9 Å². The normalized spacial score (nSPS) is 25.3. The van der Waals surface area contributed by atoms with Crippen LogP contribution < -0.4 is 33.6 Å². The molecule has 10 N–H and O–H groups in total. The minimum Gasteiger partial charge on any atom is -0.463 e. The highest BCUT2D eigenvalue weighted by atomic mass is 35.5. The second kappa shape index (κ2) is 35.7. The molecule has 0 aliphatic carbocycles. The van der Waals surface area contributed by atoms with Crippen molar-refractivity contribution in [2.75, 3.05) is 48.9 Å². The van der Waals surface area contributed by atoms with Crippen LogP contribution in [0.25, 0.3) is 33.5 Å². The molecule has 4 saturated heterocycles. The number of nitrogens with zero attached hydrogens (tertiary/aromatic N) is 13. The lowest BCUT2D eigenvalue weighted by atomic mass is 10.1. The summed E-state index contributed by atoms with van der Waals surface area (Å²) in [5, 5.41) is 12.5. The number of aliphatic hydroxyl groups is 1. The molecule has 12 heterocycles. The summed E-state index contributed by atoms with van der Waals surface area (Å²) in [6.45, 7) is 12.1. The van der Waals surface area contributed by atoms with Crippen molar-refractivity contribution in [1.29, 1.82) is 0 Å². The monoisotopic (exact) mass is 1580 g/mol. The molecule has 111 heavy (non-hydrogen) atoms. The molecule has 0 bridgehead atoms. The third-order valence-electron chi connectivity index (χ3n) is 15.9. The van der Waals surface area contributed by atoms with Gasteiger partial charge < -0.3 is 98.7 Å². The van der Waals surface area contributed by atoms with Crippen LogP contribution in [0.5, 0.6) is 0 Å². The summed E-state index contributed by atoms with van der Waals surface area (Å²) in [5.41, 5.74) is 16.5. The van der Waals surface area contributed by atoms with E-state index in [1.807, 2.05) is 0 Å². The lowest BCUT2D eigenvalue weighted by molar-refractivity contribution is -0.166. The first-order chi connectivity index (χ1) is 52.5. The first kappa shape index (κ1) is 82.6. The Bertz CT molecular complexity index is 4830. The molecule has 7 aromatic rings.